The second-order valence-electron chi connectivity index (χ2n) is 4.45. The third-order valence-electron chi connectivity index (χ3n) is 3.27. The molecule has 0 aromatic carbocycles. The Morgan fingerprint density at radius 1 is 1.59 bits per heavy atom. The van der Waals surface area contributed by atoms with E-state index in [9.17, 15) is 4.79 Å². The first kappa shape index (κ1) is 15.1. The third-order valence-corrected chi connectivity index (χ3v) is 4.41. The van der Waals surface area contributed by atoms with Gasteiger partial charge in [0.2, 0.25) is 5.91 Å². The first-order valence-electron chi connectivity index (χ1n) is 5.92. The second kappa shape index (κ2) is 7.46. The smallest absolute Gasteiger partial charge is 0.224 e. The maximum Gasteiger partial charge on any atom is 0.224 e. The number of thioether (sulfide) groups is 1. The molecule has 0 aliphatic carbocycles. The number of amides is 1. The highest BCUT2D eigenvalue weighted by molar-refractivity contribution is 7.99. The Morgan fingerprint density at radius 3 is 3.00 bits per heavy atom. The molecule has 2 heterocycles. The summed E-state index contributed by atoms with van der Waals surface area (Å²) in [6.45, 7) is 2.29. The van der Waals surface area contributed by atoms with Crippen molar-refractivity contribution < 1.29 is 9.53 Å². The highest BCUT2D eigenvalue weighted by Crippen LogP contribution is 2.22. The van der Waals surface area contributed by atoms with Crippen LogP contribution in [-0.4, -0.2) is 61.2 Å². The second-order valence-corrected chi connectivity index (χ2v) is 5.60. The Kier molecular flexibility index (Phi) is 6.62. The van der Waals surface area contributed by atoms with Crippen LogP contribution in [0.15, 0.2) is 0 Å². The molecule has 4 nitrogen and oxygen atoms in total. The topological polar surface area (TPSA) is 41.6 Å². The van der Waals surface area contributed by atoms with Crippen LogP contribution in [0, 0.1) is 0 Å². The molecule has 0 bridgehead atoms. The van der Waals surface area contributed by atoms with E-state index in [4.69, 9.17) is 4.74 Å². The summed E-state index contributed by atoms with van der Waals surface area (Å²) < 4.78 is 5.35. The van der Waals surface area contributed by atoms with Crippen molar-refractivity contribution in [1.82, 2.24) is 10.2 Å². The van der Waals surface area contributed by atoms with Gasteiger partial charge in [0, 0.05) is 37.8 Å². The predicted octanol–water partition coefficient (Wildman–Crippen LogP) is 0.751. The van der Waals surface area contributed by atoms with Gasteiger partial charge in [-0.1, -0.05) is 0 Å². The van der Waals surface area contributed by atoms with E-state index < -0.39 is 0 Å². The minimum absolute atomic E-state index is 0. The van der Waals surface area contributed by atoms with Crippen LogP contribution in [0.4, 0.5) is 0 Å². The van der Waals surface area contributed by atoms with Crippen molar-refractivity contribution in [2.45, 2.75) is 24.9 Å². The largest absolute Gasteiger partial charge is 0.378 e. The fraction of sp³-hybridized carbons (Fsp3) is 0.909. The zero-order valence-corrected chi connectivity index (χ0v) is 11.8. The molecular weight excluding hydrogens is 260 g/mol. The number of hydrogen-bond acceptors (Lipinski definition) is 4. The minimum atomic E-state index is 0. The molecule has 1 amide bonds. The summed E-state index contributed by atoms with van der Waals surface area (Å²) >= 11 is 1.94. The molecule has 2 unspecified atom stereocenters. The summed E-state index contributed by atoms with van der Waals surface area (Å²) in [5.74, 6) is 2.53. The van der Waals surface area contributed by atoms with Crippen molar-refractivity contribution in [3.63, 3.8) is 0 Å². The molecule has 2 fully saturated rings. The van der Waals surface area contributed by atoms with Crippen LogP contribution < -0.4 is 5.32 Å². The van der Waals surface area contributed by atoms with Gasteiger partial charge in [-0.3, -0.25) is 4.79 Å². The number of halogens is 1. The Balaban J connectivity index is 0.00000144. The Hall–Kier alpha value is 0.0300. The Bertz CT molecular complexity index is 244. The molecule has 0 saturated carbocycles. The lowest BCUT2D eigenvalue weighted by Gasteiger charge is -2.28. The number of carbonyl (C=O) groups is 1. The Labute approximate surface area is 113 Å². The summed E-state index contributed by atoms with van der Waals surface area (Å²) in [7, 11) is 1.93. The summed E-state index contributed by atoms with van der Waals surface area (Å²) in [4.78, 5) is 13.9. The molecule has 0 spiro atoms. The van der Waals surface area contributed by atoms with E-state index in [0.29, 0.717) is 19.1 Å². The summed E-state index contributed by atoms with van der Waals surface area (Å²) in [6.07, 6.45) is 1.71. The molecule has 2 rings (SSSR count). The molecule has 2 atom stereocenters. The molecule has 100 valence electrons. The van der Waals surface area contributed by atoms with Crippen LogP contribution in [0.3, 0.4) is 0 Å². The molecule has 2 aliphatic heterocycles. The summed E-state index contributed by atoms with van der Waals surface area (Å²) in [5.41, 5.74) is 0. The van der Waals surface area contributed by atoms with E-state index in [1.54, 1.807) is 0 Å². The summed E-state index contributed by atoms with van der Waals surface area (Å²) in [5, 5.41) is 3.32. The molecule has 0 aromatic heterocycles. The normalized spacial score (nSPS) is 28.5. The third kappa shape index (κ3) is 4.32. The average molecular weight is 281 g/mol. The molecule has 0 radical (unpaired) electrons. The number of hydrogen-bond donors (Lipinski definition) is 1. The molecule has 1 N–H and O–H groups in total. The van der Waals surface area contributed by atoms with Crippen molar-refractivity contribution in [3.05, 3.63) is 0 Å². The quantitative estimate of drug-likeness (QED) is 0.828. The fourth-order valence-electron chi connectivity index (χ4n) is 2.14. The van der Waals surface area contributed by atoms with Crippen molar-refractivity contribution in [3.8, 4) is 0 Å². The number of morpholine rings is 1. The van der Waals surface area contributed by atoms with Gasteiger partial charge in [0.1, 0.15) is 0 Å². The fourth-order valence-corrected chi connectivity index (χ4v) is 3.40. The van der Waals surface area contributed by atoms with Crippen LogP contribution in [0.25, 0.3) is 0 Å². The molecule has 17 heavy (non-hydrogen) atoms. The van der Waals surface area contributed by atoms with Crippen LogP contribution >= 0.6 is 24.2 Å². The minimum Gasteiger partial charge on any atom is -0.378 e. The Morgan fingerprint density at radius 2 is 2.41 bits per heavy atom. The van der Waals surface area contributed by atoms with E-state index in [0.717, 1.165) is 25.3 Å². The van der Waals surface area contributed by atoms with Crippen LogP contribution in [0.5, 0.6) is 0 Å². The van der Waals surface area contributed by atoms with Gasteiger partial charge < -0.3 is 15.0 Å². The number of ether oxygens (including phenoxy) is 1. The molecule has 6 heteroatoms. The monoisotopic (exact) mass is 280 g/mol. The van der Waals surface area contributed by atoms with Gasteiger partial charge in [-0.25, -0.2) is 0 Å². The van der Waals surface area contributed by atoms with E-state index in [-0.39, 0.29) is 24.4 Å². The first-order valence-corrected chi connectivity index (χ1v) is 7.07. The van der Waals surface area contributed by atoms with Gasteiger partial charge in [-0.15, -0.1) is 12.4 Å². The van der Waals surface area contributed by atoms with Crippen molar-refractivity contribution in [1.29, 1.82) is 0 Å². The maximum atomic E-state index is 12.0. The first-order chi connectivity index (χ1) is 7.77. The number of rotatable bonds is 3. The van der Waals surface area contributed by atoms with Gasteiger partial charge >= 0.3 is 0 Å². The van der Waals surface area contributed by atoms with Crippen LogP contribution in [0.1, 0.15) is 12.8 Å². The molecular formula is C11H21ClN2O2S. The molecule has 2 aliphatic rings. The number of nitrogens with one attached hydrogen (secondary N) is 1. The zero-order valence-electron chi connectivity index (χ0n) is 10.2. The van der Waals surface area contributed by atoms with Gasteiger partial charge in [-0.05, 0) is 12.2 Å². The average Bonchev–Trinajstić information content (AvgIpc) is 2.83. The van der Waals surface area contributed by atoms with Gasteiger partial charge in [-0.2, -0.15) is 11.8 Å². The highest BCUT2D eigenvalue weighted by Gasteiger charge is 2.26. The van der Waals surface area contributed by atoms with Crippen LogP contribution in [0.2, 0.25) is 0 Å². The molecule has 0 aromatic rings. The molecule has 2 saturated heterocycles. The van der Waals surface area contributed by atoms with E-state index in [1.807, 2.05) is 23.7 Å². The van der Waals surface area contributed by atoms with Crippen molar-refractivity contribution in [2.24, 2.45) is 0 Å². The maximum absolute atomic E-state index is 12.0. The van der Waals surface area contributed by atoms with E-state index in [1.165, 1.54) is 5.75 Å². The van der Waals surface area contributed by atoms with Gasteiger partial charge in [0.25, 0.3) is 0 Å². The lowest BCUT2D eigenvalue weighted by molar-refractivity contribution is -0.132. The van der Waals surface area contributed by atoms with Gasteiger partial charge in [0.15, 0.2) is 0 Å². The standard InChI is InChI=1S/C11H20N2O2S.ClH/c1-13(10-2-5-16-8-10)11(14)6-9-7-15-4-3-12-9;/h9-10,12H,2-8H2,1H3;1H. The van der Waals surface area contributed by atoms with Crippen LogP contribution in [-0.2, 0) is 9.53 Å². The number of carbonyl (C=O) groups excluding carboxylic acids is 1. The van der Waals surface area contributed by atoms with Crippen molar-refractivity contribution >= 4 is 30.1 Å². The summed E-state index contributed by atoms with van der Waals surface area (Å²) in [6, 6.07) is 0.653. The van der Waals surface area contributed by atoms with E-state index in [2.05, 4.69) is 5.32 Å². The highest BCUT2D eigenvalue weighted by atomic mass is 35.5. The lowest BCUT2D eigenvalue weighted by atomic mass is 10.1. The predicted molar refractivity (Wildman–Crippen MR) is 73.0 cm³/mol. The van der Waals surface area contributed by atoms with Crippen molar-refractivity contribution in [2.75, 3.05) is 38.3 Å². The lowest BCUT2D eigenvalue weighted by Crippen LogP contribution is -2.46. The van der Waals surface area contributed by atoms with E-state index >= 15 is 0 Å². The SMILES string of the molecule is CN(C(=O)CC1COCCN1)C1CCSC1.Cl. The van der Waals surface area contributed by atoms with Gasteiger partial charge in [0.05, 0.1) is 13.2 Å². The number of nitrogens with zero attached hydrogens (tertiary/aromatic N) is 1. The zero-order chi connectivity index (χ0) is 11.4.